The van der Waals surface area contributed by atoms with Gasteiger partial charge in [-0.25, -0.2) is 14.6 Å². The van der Waals surface area contributed by atoms with E-state index in [-0.39, 0.29) is 24.6 Å². The van der Waals surface area contributed by atoms with E-state index in [1.807, 2.05) is 24.3 Å². The van der Waals surface area contributed by atoms with Gasteiger partial charge in [0, 0.05) is 24.3 Å². The number of aromatic nitrogens is 1. The summed E-state index contributed by atoms with van der Waals surface area (Å²) in [5.41, 5.74) is 3.44. The van der Waals surface area contributed by atoms with Gasteiger partial charge in [0.1, 0.15) is 17.8 Å². The zero-order valence-electron chi connectivity index (χ0n) is 19.5. The van der Waals surface area contributed by atoms with E-state index in [0.29, 0.717) is 18.0 Å². The molecule has 1 aromatic heterocycles. The molecule has 0 fully saturated rings. The number of carbonyl (C=O) groups excluding carboxylic acids is 2. The molecule has 1 heterocycles. The van der Waals surface area contributed by atoms with Crippen LogP contribution in [0.4, 0.5) is 4.79 Å². The summed E-state index contributed by atoms with van der Waals surface area (Å²) in [5, 5.41) is 16.8. The number of carboxylic acid groups (broad SMARTS) is 1. The Morgan fingerprint density at radius 3 is 2.31 bits per heavy atom. The van der Waals surface area contributed by atoms with Crippen molar-refractivity contribution in [2.75, 3.05) is 13.2 Å². The maximum atomic E-state index is 12.4. The Morgan fingerprint density at radius 2 is 1.71 bits per heavy atom. The number of ether oxygens (including phenoxy) is 1. The lowest BCUT2D eigenvalue weighted by Gasteiger charge is -2.23. The summed E-state index contributed by atoms with van der Waals surface area (Å²) >= 11 is 1.28. The minimum Gasteiger partial charge on any atom is -0.480 e. The van der Waals surface area contributed by atoms with Crippen molar-refractivity contribution in [1.29, 1.82) is 0 Å². The topological polar surface area (TPSA) is 118 Å². The summed E-state index contributed by atoms with van der Waals surface area (Å²) in [6.45, 7) is 3.68. The first kappa shape index (κ1) is 24.4. The lowest BCUT2D eigenvalue weighted by molar-refractivity contribution is -0.143. The van der Waals surface area contributed by atoms with Crippen molar-refractivity contribution >= 4 is 29.3 Å². The van der Waals surface area contributed by atoms with Crippen molar-refractivity contribution in [2.24, 2.45) is 0 Å². The number of rotatable bonds is 9. The van der Waals surface area contributed by atoms with Crippen LogP contribution in [0.2, 0.25) is 0 Å². The molecule has 2 aromatic carbocycles. The van der Waals surface area contributed by atoms with Crippen LogP contribution >= 0.6 is 11.3 Å². The Morgan fingerprint density at radius 1 is 1.09 bits per heavy atom. The van der Waals surface area contributed by atoms with E-state index in [9.17, 15) is 19.5 Å². The van der Waals surface area contributed by atoms with E-state index < -0.39 is 23.5 Å². The van der Waals surface area contributed by atoms with Gasteiger partial charge >= 0.3 is 12.1 Å². The molecule has 182 valence electrons. The molecule has 0 saturated heterocycles. The minimum absolute atomic E-state index is 0.00667. The number of alkyl carbamates (subject to hydrolysis) is 1. The van der Waals surface area contributed by atoms with E-state index in [4.69, 9.17) is 4.74 Å². The third-order valence-electron chi connectivity index (χ3n) is 6.30. The number of thiazole rings is 1. The summed E-state index contributed by atoms with van der Waals surface area (Å²) in [5.74, 6) is -1.65. The minimum atomic E-state index is -1.35. The number of aliphatic carboxylic acids is 1. The van der Waals surface area contributed by atoms with Crippen molar-refractivity contribution < 1.29 is 24.2 Å². The molecule has 3 N–H and O–H groups in total. The highest BCUT2D eigenvalue weighted by atomic mass is 32.1. The number of nitrogens with one attached hydrogen (secondary N) is 2. The quantitative estimate of drug-likeness (QED) is 0.411. The molecule has 1 aliphatic rings. The van der Waals surface area contributed by atoms with E-state index in [0.717, 1.165) is 11.1 Å². The normalized spacial score (nSPS) is 13.9. The second kappa shape index (κ2) is 10.3. The Bertz CT molecular complexity index is 1210. The van der Waals surface area contributed by atoms with Crippen LogP contribution in [-0.2, 0) is 16.0 Å². The maximum Gasteiger partial charge on any atom is 0.407 e. The highest BCUT2D eigenvalue weighted by Crippen LogP contribution is 2.44. The average molecular weight is 494 g/mol. The van der Waals surface area contributed by atoms with Crippen molar-refractivity contribution in [2.45, 2.75) is 38.1 Å². The molecule has 0 saturated carbocycles. The molecule has 0 bridgehead atoms. The molecular formula is C26H27N3O5S. The molecule has 1 aliphatic carbocycles. The molecule has 1 atom stereocenters. The molecule has 35 heavy (non-hydrogen) atoms. The van der Waals surface area contributed by atoms with Gasteiger partial charge in [-0.3, -0.25) is 4.79 Å². The molecule has 9 heteroatoms. The monoisotopic (exact) mass is 493 g/mol. The maximum absolute atomic E-state index is 12.4. The van der Waals surface area contributed by atoms with Gasteiger partial charge in [-0.2, -0.15) is 0 Å². The predicted molar refractivity (Wildman–Crippen MR) is 133 cm³/mol. The number of carboxylic acids is 1. The lowest BCUT2D eigenvalue weighted by Crippen LogP contribution is -2.51. The van der Waals surface area contributed by atoms with Crippen LogP contribution in [0.15, 0.2) is 53.9 Å². The molecular weight excluding hydrogens is 466 g/mol. The van der Waals surface area contributed by atoms with Gasteiger partial charge in [-0.15, -0.1) is 11.3 Å². The van der Waals surface area contributed by atoms with Crippen LogP contribution in [0.1, 0.15) is 52.8 Å². The van der Waals surface area contributed by atoms with Gasteiger partial charge < -0.3 is 20.5 Å². The fraction of sp³-hybridized carbons (Fsp3) is 0.308. The summed E-state index contributed by atoms with van der Waals surface area (Å²) in [6.07, 6.45) is 0.155. The third-order valence-corrected chi connectivity index (χ3v) is 7.21. The molecule has 1 unspecified atom stereocenters. The Balaban J connectivity index is 1.27. The van der Waals surface area contributed by atoms with Gasteiger partial charge in [-0.1, -0.05) is 55.5 Å². The largest absolute Gasteiger partial charge is 0.480 e. The molecule has 4 rings (SSSR count). The van der Waals surface area contributed by atoms with Crippen molar-refractivity contribution in [3.8, 4) is 11.1 Å². The molecule has 0 aliphatic heterocycles. The number of benzene rings is 2. The van der Waals surface area contributed by atoms with Gasteiger partial charge in [0.2, 0.25) is 0 Å². The molecule has 2 amide bonds. The van der Waals surface area contributed by atoms with Gasteiger partial charge in [0.15, 0.2) is 0 Å². The second-order valence-corrected chi connectivity index (χ2v) is 9.52. The number of nitrogens with zero attached hydrogens (tertiary/aromatic N) is 1. The zero-order chi connectivity index (χ0) is 25.0. The number of hydrogen-bond acceptors (Lipinski definition) is 6. The molecule has 0 spiro atoms. The van der Waals surface area contributed by atoms with Gasteiger partial charge in [-0.05, 0) is 35.6 Å². The summed E-state index contributed by atoms with van der Waals surface area (Å²) in [7, 11) is 0. The van der Waals surface area contributed by atoms with E-state index in [1.54, 1.807) is 12.3 Å². The zero-order valence-corrected chi connectivity index (χ0v) is 20.4. The van der Waals surface area contributed by atoms with Crippen LogP contribution < -0.4 is 10.6 Å². The highest BCUT2D eigenvalue weighted by molar-refractivity contribution is 7.09. The van der Waals surface area contributed by atoms with E-state index in [1.165, 1.54) is 29.4 Å². The number of amides is 2. The van der Waals surface area contributed by atoms with E-state index >= 15 is 0 Å². The summed E-state index contributed by atoms with van der Waals surface area (Å²) in [6, 6.07) is 16.3. The van der Waals surface area contributed by atoms with Crippen molar-refractivity contribution in [3.05, 3.63) is 75.7 Å². The Hall–Kier alpha value is -3.72. The van der Waals surface area contributed by atoms with Gasteiger partial charge in [0.25, 0.3) is 5.91 Å². The first-order chi connectivity index (χ1) is 16.8. The fourth-order valence-electron chi connectivity index (χ4n) is 4.06. The van der Waals surface area contributed by atoms with Crippen molar-refractivity contribution in [1.82, 2.24) is 15.6 Å². The van der Waals surface area contributed by atoms with Crippen LogP contribution in [0.5, 0.6) is 0 Å². The first-order valence-electron chi connectivity index (χ1n) is 11.4. The van der Waals surface area contributed by atoms with Crippen LogP contribution in [0, 0.1) is 0 Å². The van der Waals surface area contributed by atoms with Crippen LogP contribution in [-0.4, -0.2) is 46.8 Å². The number of carbonyl (C=O) groups is 3. The summed E-state index contributed by atoms with van der Waals surface area (Å²) in [4.78, 5) is 40.4. The second-order valence-electron chi connectivity index (χ2n) is 8.57. The third kappa shape index (κ3) is 5.19. The molecule has 0 radical (unpaired) electrons. The predicted octanol–water partition coefficient (Wildman–Crippen LogP) is 4.21. The molecule has 3 aromatic rings. The SMILES string of the molecule is CCC(C)(NC(=O)c1csc(CCNC(=O)OCC2c3ccccc3-c3ccccc32)n1)C(=O)O. The number of fused-ring (bicyclic) bond motifs is 3. The van der Waals surface area contributed by atoms with Gasteiger partial charge in [0.05, 0.1) is 5.01 Å². The lowest BCUT2D eigenvalue weighted by atomic mass is 9.98. The average Bonchev–Trinajstić information content (AvgIpc) is 3.45. The summed E-state index contributed by atoms with van der Waals surface area (Å²) < 4.78 is 5.52. The van der Waals surface area contributed by atoms with Crippen LogP contribution in [0.25, 0.3) is 11.1 Å². The molecule has 8 nitrogen and oxygen atoms in total. The van der Waals surface area contributed by atoms with E-state index in [2.05, 4.69) is 39.9 Å². The number of hydrogen-bond donors (Lipinski definition) is 3. The smallest absolute Gasteiger partial charge is 0.407 e. The Labute approximate surface area is 207 Å². The highest BCUT2D eigenvalue weighted by Gasteiger charge is 2.33. The fourth-order valence-corrected chi connectivity index (χ4v) is 4.84. The first-order valence-corrected chi connectivity index (χ1v) is 12.3. The van der Waals surface area contributed by atoms with Crippen molar-refractivity contribution in [3.63, 3.8) is 0 Å². The van der Waals surface area contributed by atoms with Crippen LogP contribution in [0.3, 0.4) is 0 Å². The Kier molecular flexibility index (Phi) is 7.16. The standard InChI is InChI=1S/C26H27N3O5S/c1-3-26(2,24(31)32)29-23(30)21-15-35-22(28-21)12-13-27-25(33)34-14-20-18-10-6-4-8-16(18)17-9-5-7-11-19(17)20/h4-11,15,20H,3,12-14H2,1-2H3,(H,27,33)(H,29,30)(H,31,32).